The number of carbonyl (C=O) groups is 1. The Kier molecular flexibility index (Phi) is 3.73. The Morgan fingerprint density at radius 1 is 1.40 bits per heavy atom. The number of carbonyl (C=O) groups excluding carboxylic acids is 1. The van der Waals surface area contributed by atoms with Crippen molar-refractivity contribution in [3.05, 3.63) is 28.2 Å². The van der Waals surface area contributed by atoms with Gasteiger partial charge in [-0.3, -0.25) is 9.69 Å². The zero-order valence-electron chi connectivity index (χ0n) is 11.6. The van der Waals surface area contributed by atoms with Crippen molar-refractivity contribution < 1.29 is 9.90 Å². The first-order chi connectivity index (χ1) is 9.56. The Balaban J connectivity index is 1.76. The number of fused-ring (bicyclic) bond motifs is 1. The fourth-order valence-corrected chi connectivity index (χ4v) is 3.68. The van der Waals surface area contributed by atoms with E-state index in [2.05, 4.69) is 27.8 Å². The number of rotatable bonds is 2. The van der Waals surface area contributed by atoms with E-state index >= 15 is 0 Å². The van der Waals surface area contributed by atoms with Crippen LogP contribution in [0, 0.1) is 0 Å². The minimum absolute atomic E-state index is 0.158. The Morgan fingerprint density at radius 2 is 2.20 bits per heavy atom. The second-order valence-electron chi connectivity index (χ2n) is 5.65. The molecule has 20 heavy (non-hydrogen) atoms. The van der Waals surface area contributed by atoms with Crippen molar-refractivity contribution in [2.45, 2.75) is 31.8 Å². The number of piperazine rings is 1. The van der Waals surface area contributed by atoms with Gasteiger partial charge in [0.1, 0.15) is 5.75 Å². The van der Waals surface area contributed by atoms with Gasteiger partial charge in [0.15, 0.2) is 0 Å². The van der Waals surface area contributed by atoms with Crippen molar-refractivity contribution in [3.8, 4) is 5.75 Å². The highest BCUT2D eigenvalue weighted by Crippen LogP contribution is 2.33. The van der Waals surface area contributed by atoms with Crippen LogP contribution in [-0.2, 0) is 4.79 Å². The molecule has 1 amide bonds. The Morgan fingerprint density at radius 3 is 3.00 bits per heavy atom. The number of hydrogen-bond donors (Lipinski definition) is 1. The molecule has 4 nitrogen and oxygen atoms in total. The molecular weight excluding hydrogens is 320 g/mol. The van der Waals surface area contributed by atoms with Crippen LogP contribution in [0.3, 0.4) is 0 Å². The molecule has 2 aliphatic heterocycles. The lowest BCUT2D eigenvalue weighted by atomic mass is 10.0. The van der Waals surface area contributed by atoms with Gasteiger partial charge in [-0.15, -0.1) is 0 Å². The molecule has 0 aromatic heterocycles. The van der Waals surface area contributed by atoms with Crippen LogP contribution in [0.4, 0.5) is 0 Å². The summed E-state index contributed by atoms with van der Waals surface area (Å²) >= 11 is 3.46. The van der Waals surface area contributed by atoms with Gasteiger partial charge in [0.2, 0.25) is 5.91 Å². The third-order valence-corrected chi connectivity index (χ3v) is 5.01. The largest absolute Gasteiger partial charge is 0.508 e. The summed E-state index contributed by atoms with van der Waals surface area (Å²) in [6.45, 7) is 4.70. The molecule has 108 valence electrons. The van der Waals surface area contributed by atoms with Crippen molar-refractivity contribution >= 4 is 21.8 Å². The quantitative estimate of drug-likeness (QED) is 0.901. The van der Waals surface area contributed by atoms with E-state index in [0.717, 1.165) is 36.1 Å². The fourth-order valence-electron chi connectivity index (χ4n) is 3.30. The molecule has 2 atom stereocenters. The van der Waals surface area contributed by atoms with Crippen LogP contribution in [0.5, 0.6) is 5.75 Å². The van der Waals surface area contributed by atoms with Gasteiger partial charge in [0.05, 0.1) is 0 Å². The van der Waals surface area contributed by atoms with Gasteiger partial charge in [-0.2, -0.15) is 0 Å². The molecule has 0 radical (unpaired) electrons. The summed E-state index contributed by atoms with van der Waals surface area (Å²) in [7, 11) is 0. The van der Waals surface area contributed by atoms with E-state index in [9.17, 15) is 9.90 Å². The predicted octanol–water partition coefficient (Wildman–Crippen LogP) is 2.52. The van der Waals surface area contributed by atoms with Crippen LogP contribution in [0.1, 0.15) is 31.4 Å². The van der Waals surface area contributed by atoms with E-state index in [1.807, 2.05) is 17.0 Å². The average molecular weight is 339 g/mol. The van der Waals surface area contributed by atoms with Crippen molar-refractivity contribution in [3.63, 3.8) is 0 Å². The smallest absolute Gasteiger partial charge is 0.222 e. The minimum atomic E-state index is 0.158. The maximum Gasteiger partial charge on any atom is 0.222 e. The summed E-state index contributed by atoms with van der Waals surface area (Å²) in [5.41, 5.74) is 0.942. The van der Waals surface area contributed by atoms with Gasteiger partial charge in [0, 0.05) is 48.2 Å². The maximum absolute atomic E-state index is 11.7. The van der Waals surface area contributed by atoms with Crippen LogP contribution in [0.25, 0.3) is 0 Å². The topological polar surface area (TPSA) is 43.8 Å². The number of aromatic hydroxyl groups is 1. The van der Waals surface area contributed by atoms with Crippen LogP contribution >= 0.6 is 15.9 Å². The molecule has 2 saturated heterocycles. The number of hydrogen-bond acceptors (Lipinski definition) is 3. The average Bonchev–Trinajstić information content (AvgIpc) is 2.82. The molecule has 0 aliphatic carbocycles. The normalized spacial score (nSPS) is 24.8. The molecule has 5 heteroatoms. The van der Waals surface area contributed by atoms with E-state index in [1.165, 1.54) is 0 Å². The van der Waals surface area contributed by atoms with Gasteiger partial charge in [-0.25, -0.2) is 0 Å². The van der Waals surface area contributed by atoms with Crippen LogP contribution in [0.2, 0.25) is 0 Å². The third-order valence-electron chi connectivity index (χ3n) is 4.51. The summed E-state index contributed by atoms with van der Waals surface area (Å²) in [6, 6.07) is 6.06. The molecule has 1 aromatic rings. The molecule has 2 aliphatic rings. The van der Waals surface area contributed by atoms with Gasteiger partial charge >= 0.3 is 0 Å². The zero-order valence-corrected chi connectivity index (χ0v) is 13.1. The second-order valence-corrected chi connectivity index (χ2v) is 6.57. The molecule has 1 N–H and O–H groups in total. The minimum Gasteiger partial charge on any atom is -0.508 e. The molecule has 1 aromatic carbocycles. The second kappa shape index (κ2) is 5.37. The summed E-state index contributed by atoms with van der Waals surface area (Å²) in [4.78, 5) is 16.1. The van der Waals surface area contributed by atoms with E-state index < -0.39 is 0 Å². The maximum atomic E-state index is 11.7. The van der Waals surface area contributed by atoms with Crippen LogP contribution in [-0.4, -0.2) is 46.5 Å². The number of phenols is 1. The number of amides is 1. The summed E-state index contributed by atoms with van der Waals surface area (Å²) in [5.74, 6) is 0.637. The third kappa shape index (κ3) is 2.44. The van der Waals surface area contributed by atoms with Crippen LogP contribution in [0.15, 0.2) is 22.7 Å². The lowest BCUT2D eigenvalue weighted by molar-refractivity contribution is -0.131. The van der Waals surface area contributed by atoms with E-state index in [-0.39, 0.29) is 6.04 Å². The standard InChI is InChI=1S/C15H19BrN2O2/c1-10(13-8-11(16)2-4-14(13)19)17-6-7-18-12(9-17)3-5-15(18)20/h2,4,8,10,12,19H,3,5-7,9H2,1H3. The number of halogens is 1. The first-order valence-corrected chi connectivity index (χ1v) is 7.87. The number of nitrogens with zero attached hydrogens (tertiary/aromatic N) is 2. The highest BCUT2D eigenvalue weighted by atomic mass is 79.9. The highest BCUT2D eigenvalue weighted by Gasteiger charge is 2.37. The monoisotopic (exact) mass is 338 g/mol. The van der Waals surface area contributed by atoms with Crippen molar-refractivity contribution in [1.82, 2.24) is 9.80 Å². The van der Waals surface area contributed by atoms with Gasteiger partial charge in [0.25, 0.3) is 0 Å². The lowest BCUT2D eigenvalue weighted by Gasteiger charge is -2.40. The lowest BCUT2D eigenvalue weighted by Crippen LogP contribution is -2.51. The first-order valence-electron chi connectivity index (χ1n) is 7.08. The van der Waals surface area contributed by atoms with Crippen molar-refractivity contribution in [1.29, 1.82) is 0 Å². The van der Waals surface area contributed by atoms with Gasteiger partial charge in [-0.05, 0) is 31.5 Å². The van der Waals surface area contributed by atoms with E-state index in [0.29, 0.717) is 24.1 Å². The Hall–Kier alpha value is -1.07. The SMILES string of the molecule is CC(c1cc(Br)ccc1O)N1CCN2C(=O)CCC2C1. The zero-order chi connectivity index (χ0) is 14.3. The van der Waals surface area contributed by atoms with Gasteiger partial charge < -0.3 is 10.0 Å². The summed E-state index contributed by atoms with van der Waals surface area (Å²) in [5, 5.41) is 10.1. The van der Waals surface area contributed by atoms with Crippen molar-refractivity contribution in [2.24, 2.45) is 0 Å². The molecular formula is C15H19BrN2O2. The Bertz CT molecular complexity index is 535. The molecule has 2 unspecified atom stereocenters. The van der Waals surface area contributed by atoms with Gasteiger partial charge in [-0.1, -0.05) is 15.9 Å². The molecule has 0 bridgehead atoms. The highest BCUT2D eigenvalue weighted by molar-refractivity contribution is 9.10. The molecule has 2 heterocycles. The summed E-state index contributed by atoms with van der Waals surface area (Å²) in [6.07, 6.45) is 1.65. The fraction of sp³-hybridized carbons (Fsp3) is 0.533. The molecule has 0 saturated carbocycles. The predicted molar refractivity (Wildman–Crippen MR) is 80.5 cm³/mol. The number of benzene rings is 1. The first kappa shape index (κ1) is 13.9. The van der Waals surface area contributed by atoms with E-state index in [4.69, 9.17) is 0 Å². The van der Waals surface area contributed by atoms with E-state index in [1.54, 1.807) is 6.07 Å². The molecule has 2 fully saturated rings. The van der Waals surface area contributed by atoms with Crippen molar-refractivity contribution in [2.75, 3.05) is 19.6 Å². The van der Waals surface area contributed by atoms with Crippen LogP contribution < -0.4 is 0 Å². The molecule has 0 spiro atoms. The number of phenolic OH excluding ortho intramolecular Hbond substituents is 1. The molecule has 3 rings (SSSR count). The summed E-state index contributed by atoms with van der Waals surface area (Å²) < 4.78 is 0.979. The Labute approximate surface area is 127 Å².